The molecule has 6 heteroatoms. The number of benzene rings is 1. The molecule has 0 spiro atoms. The third-order valence-electron chi connectivity index (χ3n) is 2.72. The Labute approximate surface area is 116 Å². The van der Waals surface area contributed by atoms with Crippen molar-refractivity contribution in [1.82, 2.24) is 4.57 Å². The highest BCUT2D eigenvalue weighted by atomic mass is 35.5. The first-order valence-corrected chi connectivity index (χ1v) is 8.30. The Morgan fingerprint density at radius 1 is 1.28 bits per heavy atom. The summed E-state index contributed by atoms with van der Waals surface area (Å²) in [5.41, 5.74) is 0.931. The molecule has 0 bridgehead atoms. The quantitative estimate of drug-likeness (QED) is 0.868. The van der Waals surface area contributed by atoms with Crippen LogP contribution in [0, 0.1) is 0 Å². The fourth-order valence-electron chi connectivity index (χ4n) is 1.91. The number of rotatable bonds is 4. The van der Waals surface area contributed by atoms with Crippen LogP contribution in [0.2, 0.25) is 10.0 Å². The van der Waals surface area contributed by atoms with E-state index < -0.39 is 9.84 Å². The topological polar surface area (TPSA) is 39.1 Å². The first-order valence-electron chi connectivity index (χ1n) is 5.48. The van der Waals surface area contributed by atoms with Crippen molar-refractivity contribution >= 4 is 43.9 Å². The molecule has 0 N–H and O–H groups in total. The number of aromatic nitrogens is 1. The van der Waals surface area contributed by atoms with Gasteiger partial charge >= 0.3 is 0 Å². The van der Waals surface area contributed by atoms with Crippen LogP contribution < -0.4 is 0 Å². The van der Waals surface area contributed by atoms with Gasteiger partial charge in [-0.25, -0.2) is 8.42 Å². The van der Waals surface area contributed by atoms with E-state index in [1.54, 1.807) is 6.07 Å². The molecule has 0 radical (unpaired) electrons. The summed E-state index contributed by atoms with van der Waals surface area (Å²) < 4.78 is 24.1. The summed E-state index contributed by atoms with van der Waals surface area (Å²) in [4.78, 5) is 0. The van der Waals surface area contributed by atoms with Crippen LogP contribution in [0.25, 0.3) is 10.9 Å². The Morgan fingerprint density at radius 3 is 2.67 bits per heavy atom. The largest absolute Gasteiger partial charge is 0.347 e. The van der Waals surface area contributed by atoms with Crippen molar-refractivity contribution in [2.75, 3.05) is 12.0 Å². The molecule has 2 rings (SSSR count). The number of halogens is 2. The lowest BCUT2D eigenvalue weighted by molar-refractivity contribution is 0.593. The maximum absolute atomic E-state index is 11.1. The van der Waals surface area contributed by atoms with E-state index in [0.29, 0.717) is 23.0 Å². The summed E-state index contributed by atoms with van der Waals surface area (Å²) in [6, 6.07) is 5.45. The number of hydrogen-bond acceptors (Lipinski definition) is 2. The van der Waals surface area contributed by atoms with E-state index in [4.69, 9.17) is 23.2 Å². The molecular weight excluding hydrogens is 293 g/mol. The Morgan fingerprint density at radius 2 is 2.00 bits per heavy atom. The van der Waals surface area contributed by atoms with Gasteiger partial charge in [-0.05, 0) is 24.6 Å². The Balaban J connectivity index is 2.24. The monoisotopic (exact) mass is 305 g/mol. The van der Waals surface area contributed by atoms with Gasteiger partial charge in [0.05, 0.1) is 16.3 Å². The second-order valence-electron chi connectivity index (χ2n) is 4.31. The van der Waals surface area contributed by atoms with Gasteiger partial charge in [0.1, 0.15) is 9.84 Å². The van der Waals surface area contributed by atoms with Crippen LogP contribution in [0.3, 0.4) is 0 Å². The van der Waals surface area contributed by atoms with Gasteiger partial charge < -0.3 is 4.57 Å². The molecule has 1 heterocycles. The smallest absolute Gasteiger partial charge is 0.147 e. The van der Waals surface area contributed by atoms with Crippen LogP contribution in [0.15, 0.2) is 24.4 Å². The lowest BCUT2D eigenvalue weighted by Gasteiger charge is -2.05. The van der Waals surface area contributed by atoms with Gasteiger partial charge in [0.2, 0.25) is 0 Å². The first-order chi connectivity index (χ1) is 8.37. The Kier molecular flexibility index (Phi) is 3.90. The van der Waals surface area contributed by atoms with Crippen LogP contribution in [0.1, 0.15) is 6.42 Å². The highest BCUT2D eigenvalue weighted by molar-refractivity contribution is 7.90. The van der Waals surface area contributed by atoms with Crippen molar-refractivity contribution in [1.29, 1.82) is 0 Å². The number of hydrogen-bond donors (Lipinski definition) is 0. The normalized spacial score (nSPS) is 12.2. The van der Waals surface area contributed by atoms with E-state index >= 15 is 0 Å². The summed E-state index contributed by atoms with van der Waals surface area (Å²) in [5.74, 6) is 0.182. The van der Waals surface area contributed by atoms with Gasteiger partial charge in [0.25, 0.3) is 0 Å². The van der Waals surface area contributed by atoms with Crippen molar-refractivity contribution in [3.05, 3.63) is 34.4 Å². The van der Waals surface area contributed by atoms with Crippen molar-refractivity contribution in [2.45, 2.75) is 13.0 Å². The molecule has 2 aromatic rings. The average Bonchev–Trinajstić information content (AvgIpc) is 2.60. The molecule has 0 saturated heterocycles. The molecule has 0 unspecified atom stereocenters. The molecule has 0 aliphatic carbocycles. The molecular formula is C12H13Cl2NO2S. The summed E-state index contributed by atoms with van der Waals surface area (Å²) in [6.07, 6.45) is 3.72. The third-order valence-corrected chi connectivity index (χ3v) is 4.28. The number of fused-ring (bicyclic) bond motifs is 1. The van der Waals surface area contributed by atoms with Crippen LogP contribution in [-0.2, 0) is 16.4 Å². The number of aryl methyl sites for hydroxylation is 1. The molecule has 1 aromatic heterocycles. The molecule has 0 aliphatic rings. The molecule has 18 heavy (non-hydrogen) atoms. The highest BCUT2D eigenvalue weighted by Gasteiger charge is 2.07. The van der Waals surface area contributed by atoms with E-state index in [-0.39, 0.29) is 5.75 Å². The summed E-state index contributed by atoms with van der Waals surface area (Å²) in [5, 5.41) is 2.12. The Hall–Kier alpha value is -0.710. The Bertz CT molecular complexity index is 677. The van der Waals surface area contributed by atoms with Crippen LogP contribution in [0.4, 0.5) is 0 Å². The lowest BCUT2D eigenvalue weighted by Crippen LogP contribution is -2.06. The number of nitrogens with zero attached hydrogens (tertiary/aromatic N) is 1. The van der Waals surface area contributed by atoms with E-state index in [2.05, 4.69) is 0 Å². The third kappa shape index (κ3) is 3.19. The predicted molar refractivity (Wildman–Crippen MR) is 76.3 cm³/mol. The maximum atomic E-state index is 11.1. The molecule has 0 amide bonds. The second-order valence-corrected chi connectivity index (χ2v) is 7.42. The minimum atomic E-state index is -2.91. The zero-order valence-corrected chi connectivity index (χ0v) is 12.2. The van der Waals surface area contributed by atoms with E-state index in [9.17, 15) is 8.42 Å². The highest BCUT2D eigenvalue weighted by Crippen LogP contribution is 2.28. The fraction of sp³-hybridized carbons (Fsp3) is 0.333. The van der Waals surface area contributed by atoms with Crippen molar-refractivity contribution in [3.8, 4) is 0 Å². The minimum absolute atomic E-state index is 0.182. The molecule has 0 saturated carbocycles. The van der Waals surface area contributed by atoms with Crippen molar-refractivity contribution < 1.29 is 8.42 Å². The van der Waals surface area contributed by atoms with Gasteiger partial charge in [0, 0.05) is 29.4 Å². The van der Waals surface area contributed by atoms with Crippen molar-refractivity contribution in [3.63, 3.8) is 0 Å². The fourth-order valence-corrected chi connectivity index (χ4v) is 3.11. The maximum Gasteiger partial charge on any atom is 0.147 e. The first kappa shape index (κ1) is 13.7. The zero-order chi connectivity index (χ0) is 13.3. The number of sulfone groups is 1. The van der Waals surface area contributed by atoms with Gasteiger partial charge in [-0.3, -0.25) is 0 Å². The summed E-state index contributed by atoms with van der Waals surface area (Å²) in [6.45, 7) is 0.632. The van der Waals surface area contributed by atoms with Crippen LogP contribution >= 0.6 is 23.2 Å². The van der Waals surface area contributed by atoms with E-state index in [1.807, 2.05) is 22.9 Å². The van der Waals surface area contributed by atoms with E-state index in [1.165, 1.54) is 6.26 Å². The van der Waals surface area contributed by atoms with E-state index in [0.717, 1.165) is 10.9 Å². The molecule has 0 fully saturated rings. The zero-order valence-electron chi connectivity index (χ0n) is 9.86. The predicted octanol–water partition coefficient (Wildman–Crippen LogP) is 3.38. The second kappa shape index (κ2) is 5.11. The van der Waals surface area contributed by atoms with Gasteiger partial charge in [-0.15, -0.1) is 0 Å². The molecule has 0 aliphatic heterocycles. The van der Waals surface area contributed by atoms with Gasteiger partial charge in [-0.2, -0.15) is 0 Å². The van der Waals surface area contributed by atoms with Crippen LogP contribution in [0.5, 0.6) is 0 Å². The summed E-state index contributed by atoms with van der Waals surface area (Å²) in [7, 11) is -2.91. The molecule has 0 atom stereocenters. The SMILES string of the molecule is CS(=O)(=O)CCCn1ccc2c(Cl)cc(Cl)cc21. The molecule has 98 valence electrons. The van der Waals surface area contributed by atoms with Gasteiger partial charge in [0.15, 0.2) is 0 Å². The van der Waals surface area contributed by atoms with Crippen molar-refractivity contribution in [2.24, 2.45) is 0 Å². The lowest BCUT2D eigenvalue weighted by atomic mass is 10.2. The average molecular weight is 306 g/mol. The van der Waals surface area contributed by atoms with Gasteiger partial charge in [-0.1, -0.05) is 23.2 Å². The van der Waals surface area contributed by atoms with Crippen LogP contribution in [-0.4, -0.2) is 25.0 Å². The standard InChI is InChI=1S/C12H13Cl2NO2S/c1-18(16,17)6-2-4-15-5-3-10-11(14)7-9(13)8-12(10)15/h3,5,7-8H,2,4,6H2,1H3. The molecule has 3 nitrogen and oxygen atoms in total. The molecule has 1 aromatic carbocycles. The summed E-state index contributed by atoms with van der Waals surface area (Å²) >= 11 is 12.1. The minimum Gasteiger partial charge on any atom is -0.347 e.